The lowest BCUT2D eigenvalue weighted by atomic mass is 9.82. The van der Waals surface area contributed by atoms with Crippen LogP contribution in [0.2, 0.25) is 0 Å². The maximum absolute atomic E-state index is 11.0. The second-order valence-corrected chi connectivity index (χ2v) is 10.9. The molecule has 5 rings (SSSR count). The summed E-state index contributed by atoms with van der Waals surface area (Å²) in [6, 6.07) is 12.8. The maximum atomic E-state index is 11.0. The van der Waals surface area contributed by atoms with Crippen LogP contribution in [0.25, 0.3) is 12.2 Å². The lowest BCUT2D eigenvalue weighted by Crippen LogP contribution is -2.32. The normalized spacial score (nSPS) is 17.9. The summed E-state index contributed by atoms with van der Waals surface area (Å²) in [5.74, 6) is 0.783. The number of carboxylic acids is 1. The van der Waals surface area contributed by atoms with Crippen molar-refractivity contribution in [1.29, 1.82) is 0 Å². The minimum Gasteiger partial charge on any atom is -0.497 e. The molecule has 3 aromatic rings. The van der Waals surface area contributed by atoms with Crippen LogP contribution in [0.5, 0.6) is 17.4 Å². The zero-order valence-corrected chi connectivity index (χ0v) is 22.3. The fraction of sp³-hybridized carbons (Fsp3) is 0.321. The topological polar surface area (TPSA) is 84.2 Å². The number of nitrogens with zero attached hydrogens (tertiary/aromatic N) is 2. The molecule has 7 nitrogen and oxygen atoms in total. The molecule has 9 heteroatoms. The van der Waals surface area contributed by atoms with E-state index in [4.69, 9.17) is 26.8 Å². The van der Waals surface area contributed by atoms with Crippen molar-refractivity contribution in [1.82, 2.24) is 4.57 Å². The number of carboxylic acid groups (broad SMARTS) is 1. The Hall–Kier alpha value is -3.52. The van der Waals surface area contributed by atoms with Gasteiger partial charge in [0.15, 0.2) is 3.95 Å². The van der Waals surface area contributed by atoms with Gasteiger partial charge in [-0.25, -0.2) is 0 Å². The van der Waals surface area contributed by atoms with Gasteiger partial charge >= 0.3 is 5.97 Å². The average molecular weight is 537 g/mol. The number of aliphatic carboxylic acids is 1. The summed E-state index contributed by atoms with van der Waals surface area (Å²) in [5.41, 5.74) is 7.71. The third-order valence-corrected chi connectivity index (χ3v) is 8.46. The molecule has 1 fully saturated rings. The Balaban J connectivity index is 1.49. The maximum Gasteiger partial charge on any atom is 0.323 e. The number of aromatic nitrogens is 1. The number of fused-ring (bicyclic) bond motifs is 3. The first-order valence-electron chi connectivity index (χ1n) is 12.1. The third-order valence-electron chi connectivity index (χ3n) is 7.07. The van der Waals surface area contributed by atoms with E-state index in [0.29, 0.717) is 20.8 Å². The number of ether oxygens (including phenoxy) is 2. The Morgan fingerprint density at radius 1 is 1.14 bits per heavy atom. The van der Waals surface area contributed by atoms with E-state index in [1.54, 1.807) is 20.3 Å². The third kappa shape index (κ3) is 4.78. The van der Waals surface area contributed by atoms with Crippen LogP contribution in [0.1, 0.15) is 47.6 Å². The van der Waals surface area contributed by atoms with Gasteiger partial charge < -0.3 is 24.6 Å². The number of hydrogen-bond donors (Lipinski definition) is 2. The molecule has 2 heterocycles. The van der Waals surface area contributed by atoms with Crippen molar-refractivity contribution in [2.45, 2.75) is 44.2 Å². The Morgan fingerprint density at radius 3 is 2.68 bits per heavy atom. The van der Waals surface area contributed by atoms with Crippen molar-refractivity contribution in [2.75, 3.05) is 19.1 Å². The highest BCUT2D eigenvalue weighted by Gasteiger charge is 2.41. The Kier molecular flexibility index (Phi) is 7.11. The fourth-order valence-corrected chi connectivity index (χ4v) is 6.63. The largest absolute Gasteiger partial charge is 0.497 e. The summed E-state index contributed by atoms with van der Waals surface area (Å²) in [6.07, 6.45) is 8.20. The molecule has 0 saturated heterocycles. The van der Waals surface area contributed by atoms with Gasteiger partial charge in [0.25, 0.3) is 0 Å². The molecule has 0 radical (unpaired) electrons. The smallest absolute Gasteiger partial charge is 0.323 e. The van der Waals surface area contributed by atoms with E-state index in [2.05, 4.69) is 34.9 Å². The first kappa shape index (κ1) is 25.1. The molecular weight excluding hydrogens is 508 g/mol. The van der Waals surface area contributed by atoms with E-state index in [-0.39, 0.29) is 12.4 Å². The standard InChI is InChI=1S/C28H28N2O5S2/c1-34-18-11-13-23(24(15-18)35-2)30-21-8-4-3-7-19(21)20-14-17(10-12-22(20)30)6-5-9-25-27(33)29(16-26(31)32)28(36)37-25/h6,9-15,19,21,33H,3-4,7-8,16H2,1-2H3,(H,31,32). The van der Waals surface area contributed by atoms with Crippen LogP contribution in [0, 0.1) is 3.95 Å². The summed E-state index contributed by atoms with van der Waals surface area (Å²) < 4.78 is 12.7. The van der Waals surface area contributed by atoms with Crippen molar-refractivity contribution in [3.63, 3.8) is 0 Å². The van der Waals surface area contributed by atoms with Crippen LogP contribution in [0.15, 0.2) is 42.1 Å². The zero-order valence-electron chi connectivity index (χ0n) is 20.6. The molecule has 0 bridgehead atoms. The summed E-state index contributed by atoms with van der Waals surface area (Å²) in [4.78, 5) is 13.9. The highest BCUT2D eigenvalue weighted by Crippen LogP contribution is 2.53. The predicted octanol–water partition coefficient (Wildman–Crippen LogP) is 6.59. The van der Waals surface area contributed by atoms with Gasteiger partial charge in [-0.1, -0.05) is 18.9 Å². The molecule has 2 N–H and O–H groups in total. The van der Waals surface area contributed by atoms with Crippen molar-refractivity contribution in [3.8, 4) is 17.4 Å². The molecule has 1 aromatic heterocycles. The lowest BCUT2D eigenvalue weighted by Gasteiger charge is -2.34. The number of hydrogen-bond acceptors (Lipinski definition) is 7. The second kappa shape index (κ2) is 10.5. The number of benzene rings is 2. The van der Waals surface area contributed by atoms with Crippen molar-refractivity contribution >= 4 is 53.1 Å². The van der Waals surface area contributed by atoms with Crippen LogP contribution in [-0.4, -0.2) is 41.0 Å². The van der Waals surface area contributed by atoms with Gasteiger partial charge in [-0.05, 0) is 66.5 Å². The second-order valence-electron chi connectivity index (χ2n) is 9.18. The minimum atomic E-state index is -1.06. The summed E-state index contributed by atoms with van der Waals surface area (Å²) in [7, 11) is 3.35. The van der Waals surface area contributed by atoms with Crippen molar-refractivity contribution < 1.29 is 24.5 Å². The van der Waals surface area contributed by atoms with Gasteiger partial charge in [0, 0.05) is 29.8 Å². The van der Waals surface area contributed by atoms with Gasteiger partial charge in [0.05, 0.1) is 24.8 Å². The lowest BCUT2D eigenvalue weighted by molar-refractivity contribution is -0.137. The van der Waals surface area contributed by atoms with Gasteiger partial charge in [0.1, 0.15) is 18.0 Å². The highest BCUT2D eigenvalue weighted by molar-refractivity contribution is 7.73. The molecule has 1 aliphatic carbocycles. The van der Waals surface area contributed by atoms with Gasteiger partial charge in [0.2, 0.25) is 5.88 Å². The van der Waals surface area contributed by atoms with E-state index in [9.17, 15) is 9.90 Å². The molecule has 192 valence electrons. The van der Waals surface area contributed by atoms with E-state index < -0.39 is 5.97 Å². The molecule has 37 heavy (non-hydrogen) atoms. The Bertz CT molecular complexity index is 1470. The number of rotatable bonds is 7. The first-order chi connectivity index (χ1) is 17.9. The SMILES string of the molecule is COc1ccc(N2c3ccc(C=C=Cc4sc(=S)n(CC(=O)O)c4O)cc3C3CCCCC32)c(OC)c1. The molecular formula is C28H28N2O5S2. The molecule has 0 amide bonds. The number of carbonyl (C=O) groups is 1. The molecule has 2 aromatic carbocycles. The number of anilines is 2. The summed E-state index contributed by atoms with van der Waals surface area (Å²) in [6.45, 7) is -0.373. The van der Waals surface area contributed by atoms with Gasteiger partial charge in [-0.2, -0.15) is 0 Å². The molecule has 2 unspecified atom stereocenters. The Morgan fingerprint density at radius 2 is 1.92 bits per heavy atom. The summed E-state index contributed by atoms with van der Waals surface area (Å²) >= 11 is 6.35. The van der Waals surface area contributed by atoms with Crippen molar-refractivity contribution in [3.05, 3.63) is 62.1 Å². The average Bonchev–Trinajstić information content (AvgIpc) is 3.36. The minimum absolute atomic E-state index is 0.151. The number of methoxy groups -OCH3 is 2. The van der Waals surface area contributed by atoms with Crippen molar-refractivity contribution in [2.24, 2.45) is 0 Å². The zero-order chi connectivity index (χ0) is 26.1. The molecule has 2 aliphatic rings. The van der Waals surface area contributed by atoms with E-state index in [0.717, 1.165) is 46.9 Å². The number of aromatic hydroxyl groups is 1. The van der Waals surface area contributed by atoms with E-state index in [1.165, 1.54) is 28.7 Å². The van der Waals surface area contributed by atoms with Crippen LogP contribution < -0.4 is 14.4 Å². The molecule has 2 atom stereocenters. The van der Waals surface area contributed by atoms with Gasteiger partial charge in [-0.15, -0.1) is 17.1 Å². The molecule has 1 aliphatic heterocycles. The molecule has 0 spiro atoms. The first-order valence-corrected chi connectivity index (χ1v) is 13.4. The van der Waals surface area contributed by atoms with Gasteiger partial charge in [-0.3, -0.25) is 9.36 Å². The predicted molar refractivity (Wildman–Crippen MR) is 148 cm³/mol. The quantitative estimate of drug-likeness (QED) is 0.260. The molecule has 1 saturated carbocycles. The monoisotopic (exact) mass is 536 g/mol. The summed E-state index contributed by atoms with van der Waals surface area (Å²) in [5, 5.41) is 19.4. The van der Waals surface area contributed by atoms with Crippen LogP contribution in [0.4, 0.5) is 11.4 Å². The van der Waals surface area contributed by atoms with Crippen LogP contribution >= 0.6 is 23.6 Å². The Labute approximate surface area is 224 Å². The van der Waals surface area contributed by atoms with E-state index >= 15 is 0 Å². The van der Waals surface area contributed by atoms with E-state index in [1.807, 2.05) is 18.2 Å². The number of thiazole rings is 1. The van der Waals surface area contributed by atoms with Crippen LogP contribution in [0.3, 0.4) is 0 Å². The highest BCUT2D eigenvalue weighted by atomic mass is 32.1. The fourth-order valence-electron chi connectivity index (χ4n) is 5.43. The van der Waals surface area contributed by atoms with Crippen LogP contribution in [-0.2, 0) is 11.3 Å².